The minimum Gasteiger partial charge on any atom is -0.463 e. The Morgan fingerprint density at radius 2 is 2.00 bits per heavy atom. The van der Waals surface area contributed by atoms with Crippen molar-refractivity contribution < 1.29 is 14.6 Å². The van der Waals surface area contributed by atoms with E-state index in [0.717, 1.165) is 24.8 Å². The average molecular weight is 312 g/mol. The van der Waals surface area contributed by atoms with Crippen molar-refractivity contribution in [1.29, 1.82) is 0 Å². The molecule has 23 heavy (non-hydrogen) atoms. The second-order valence-electron chi connectivity index (χ2n) is 6.19. The van der Waals surface area contributed by atoms with Crippen molar-refractivity contribution in [3.8, 4) is 11.8 Å². The Labute approximate surface area is 138 Å². The van der Waals surface area contributed by atoms with Gasteiger partial charge in [-0.05, 0) is 38.3 Å². The summed E-state index contributed by atoms with van der Waals surface area (Å²) < 4.78 is 4.93. The van der Waals surface area contributed by atoms with Crippen molar-refractivity contribution >= 4 is 5.97 Å². The molecule has 0 aliphatic heterocycles. The largest absolute Gasteiger partial charge is 0.463 e. The fourth-order valence-corrected chi connectivity index (χ4v) is 2.93. The van der Waals surface area contributed by atoms with Gasteiger partial charge in [0, 0.05) is 17.1 Å². The Hall–Kier alpha value is -2.05. The van der Waals surface area contributed by atoms with Crippen LogP contribution in [0.4, 0.5) is 0 Å². The molecule has 1 fully saturated rings. The summed E-state index contributed by atoms with van der Waals surface area (Å²) in [6.07, 6.45) is 6.54. The van der Waals surface area contributed by atoms with Crippen molar-refractivity contribution in [2.24, 2.45) is 5.41 Å². The van der Waals surface area contributed by atoms with Crippen LogP contribution < -0.4 is 0 Å². The zero-order valence-corrected chi connectivity index (χ0v) is 13.8. The van der Waals surface area contributed by atoms with Gasteiger partial charge in [0.2, 0.25) is 0 Å². The number of benzene rings is 1. The fraction of sp³-hybridized carbons (Fsp3) is 0.450. The highest BCUT2D eigenvalue weighted by atomic mass is 16.5. The van der Waals surface area contributed by atoms with E-state index in [1.165, 1.54) is 6.08 Å². The maximum absolute atomic E-state index is 11.6. The monoisotopic (exact) mass is 312 g/mol. The van der Waals surface area contributed by atoms with Crippen molar-refractivity contribution in [2.75, 3.05) is 6.61 Å². The molecule has 0 bridgehead atoms. The number of esters is 1. The van der Waals surface area contributed by atoms with Crippen molar-refractivity contribution in [2.45, 2.75) is 45.1 Å². The zero-order valence-electron chi connectivity index (χ0n) is 13.8. The molecule has 0 amide bonds. The molecule has 2 atom stereocenters. The van der Waals surface area contributed by atoms with E-state index in [9.17, 15) is 9.90 Å². The van der Waals surface area contributed by atoms with Crippen LogP contribution in [0.25, 0.3) is 0 Å². The lowest BCUT2D eigenvalue weighted by atomic mass is 9.64. The standard InChI is InChI=1S/C20H24O3/c1-3-23-18(21)12-15-19(2)13-7-8-14-20(19,22)16-11-17-9-5-4-6-10-17/h4-6,9-10,12,15,22H,3,7-8,13-14H2,1-2H3/b15-12+. The molecular formula is C20H24O3. The molecule has 0 aromatic heterocycles. The van der Waals surface area contributed by atoms with Gasteiger partial charge in [-0.15, -0.1) is 0 Å². The summed E-state index contributed by atoms with van der Waals surface area (Å²) in [5.41, 5.74) is -0.813. The van der Waals surface area contributed by atoms with E-state index in [1.807, 2.05) is 37.3 Å². The first kappa shape index (κ1) is 17.3. The van der Waals surface area contributed by atoms with Crippen molar-refractivity contribution in [3.63, 3.8) is 0 Å². The van der Waals surface area contributed by atoms with Crippen LogP contribution in [0.5, 0.6) is 0 Å². The van der Waals surface area contributed by atoms with Gasteiger partial charge >= 0.3 is 5.97 Å². The second-order valence-corrected chi connectivity index (χ2v) is 6.19. The molecule has 1 N–H and O–H groups in total. The van der Waals surface area contributed by atoms with E-state index in [-0.39, 0.29) is 5.97 Å². The number of ether oxygens (including phenoxy) is 1. The second kappa shape index (κ2) is 7.48. The molecule has 1 saturated carbocycles. The summed E-state index contributed by atoms with van der Waals surface area (Å²) in [4.78, 5) is 11.6. The summed E-state index contributed by atoms with van der Waals surface area (Å²) >= 11 is 0. The molecule has 1 aliphatic carbocycles. The number of rotatable bonds is 3. The molecule has 0 radical (unpaired) electrons. The molecule has 2 rings (SSSR count). The molecule has 1 aliphatic rings. The number of carbonyl (C=O) groups is 1. The lowest BCUT2D eigenvalue weighted by Gasteiger charge is -2.43. The summed E-state index contributed by atoms with van der Waals surface area (Å²) in [6, 6.07) is 9.63. The van der Waals surface area contributed by atoms with Gasteiger partial charge in [0.25, 0.3) is 0 Å². The van der Waals surface area contributed by atoms with Gasteiger partial charge in [-0.3, -0.25) is 0 Å². The first-order chi connectivity index (χ1) is 11.0. The first-order valence-electron chi connectivity index (χ1n) is 8.16. The predicted molar refractivity (Wildman–Crippen MR) is 90.6 cm³/mol. The number of hydrogen-bond donors (Lipinski definition) is 1. The van der Waals surface area contributed by atoms with Gasteiger partial charge < -0.3 is 9.84 Å². The average Bonchev–Trinajstić information content (AvgIpc) is 2.56. The molecule has 1 aromatic carbocycles. The molecular weight excluding hydrogens is 288 g/mol. The van der Waals surface area contributed by atoms with E-state index in [2.05, 4.69) is 11.8 Å². The van der Waals surface area contributed by atoms with Crippen LogP contribution in [-0.2, 0) is 9.53 Å². The maximum atomic E-state index is 11.6. The molecule has 0 saturated heterocycles. The number of hydrogen-bond acceptors (Lipinski definition) is 3. The van der Waals surface area contributed by atoms with Gasteiger partial charge in [0.15, 0.2) is 0 Å². The third-order valence-electron chi connectivity index (χ3n) is 4.49. The lowest BCUT2D eigenvalue weighted by Crippen LogP contribution is -2.46. The zero-order chi connectivity index (χ0) is 16.8. The van der Waals surface area contributed by atoms with E-state index in [4.69, 9.17) is 4.74 Å². The smallest absolute Gasteiger partial charge is 0.330 e. The van der Waals surface area contributed by atoms with Crippen LogP contribution in [-0.4, -0.2) is 23.3 Å². The Bertz CT molecular complexity index is 623. The van der Waals surface area contributed by atoms with Crippen LogP contribution >= 0.6 is 0 Å². The molecule has 122 valence electrons. The molecule has 0 spiro atoms. The highest BCUT2D eigenvalue weighted by molar-refractivity contribution is 5.82. The predicted octanol–water partition coefficient (Wildman–Crippen LogP) is 3.47. The summed E-state index contributed by atoms with van der Waals surface area (Å²) in [5, 5.41) is 11.1. The summed E-state index contributed by atoms with van der Waals surface area (Å²) in [7, 11) is 0. The van der Waals surface area contributed by atoms with Crippen LogP contribution in [0.2, 0.25) is 0 Å². The van der Waals surface area contributed by atoms with Crippen LogP contribution in [0.1, 0.15) is 45.1 Å². The maximum Gasteiger partial charge on any atom is 0.330 e. The molecule has 1 aromatic rings. The van der Waals surface area contributed by atoms with Gasteiger partial charge in [0.05, 0.1) is 6.61 Å². The van der Waals surface area contributed by atoms with Crippen LogP contribution in [0.3, 0.4) is 0 Å². The van der Waals surface area contributed by atoms with Gasteiger partial charge in [-0.25, -0.2) is 4.79 Å². The topological polar surface area (TPSA) is 46.5 Å². The fourth-order valence-electron chi connectivity index (χ4n) is 2.93. The Morgan fingerprint density at radius 1 is 1.30 bits per heavy atom. The van der Waals surface area contributed by atoms with E-state index in [1.54, 1.807) is 13.0 Å². The van der Waals surface area contributed by atoms with Gasteiger partial charge in [-0.1, -0.05) is 49.5 Å². The molecule has 2 unspecified atom stereocenters. The Morgan fingerprint density at radius 3 is 2.70 bits per heavy atom. The summed E-state index contributed by atoms with van der Waals surface area (Å²) in [5.74, 6) is 5.76. The van der Waals surface area contributed by atoms with Crippen LogP contribution in [0.15, 0.2) is 42.5 Å². The van der Waals surface area contributed by atoms with E-state index >= 15 is 0 Å². The summed E-state index contributed by atoms with van der Waals surface area (Å²) in [6.45, 7) is 4.08. The SMILES string of the molecule is CCOC(=O)/C=C/C1(C)CCCCC1(O)C#Cc1ccccc1. The highest BCUT2D eigenvalue weighted by Gasteiger charge is 2.46. The molecule has 3 heteroatoms. The van der Waals surface area contributed by atoms with Gasteiger partial charge in [0.1, 0.15) is 5.60 Å². The Balaban J connectivity index is 2.26. The van der Waals surface area contributed by atoms with Crippen molar-refractivity contribution in [1.82, 2.24) is 0 Å². The minimum absolute atomic E-state index is 0.345. The van der Waals surface area contributed by atoms with Crippen molar-refractivity contribution in [3.05, 3.63) is 48.0 Å². The lowest BCUT2D eigenvalue weighted by molar-refractivity contribution is -0.137. The normalized spacial score (nSPS) is 27.3. The quantitative estimate of drug-likeness (QED) is 0.528. The third kappa shape index (κ3) is 4.24. The van der Waals surface area contributed by atoms with E-state index in [0.29, 0.717) is 13.0 Å². The number of carbonyl (C=O) groups excluding carboxylic acids is 1. The van der Waals surface area contributed by atoms with E-state index < -0.39 is 11.0 Å². The minimum atomic E-state index is -1.13. The Kier molecular flexibility index (Phi) is 5.63. The first-order valence-corrected chi connectivity index (χ1v) is 8.16. The highest BCUT2D eigenvalue weighted by Crippen LogP contribution is 2.45. The number of aliphatic hydroxyl groups is 1. The molecule has 3 nitrogen and oxygen atoms in total. The molecule has 0 heterocycles. The van der Waals surface area contributed by atoms with Crippen LogP contribution in [0, 0.1) is 17.3 Å². The van der Waals surface area contributed by atoms with Gasteiger partial charge in [-0.2, -0.15) is 0 Å². The third-order valence-corrected chi connectivity index (χ3v) is 4.49.